The van der Waals surface area contributed by atoms with Gasteiger partial charge in [0.1, 0.15) is 11.8 Å². The minimum absolute atomic E-state index is 0. The van der Waals surface area contributed by atoms with E-state index in [1.165, 1.54) is 11.1 Å². The Bertz CT molecular complexity index is 1210. The lowest BCUT2D eigenvalue weighted by Crippen LogP contribution is -2.58. The van der Waals surface area contributed by atoms with Crippen LogP contribution >= 0.6 is 12.4 Å². The van der Waals surface area contributed by atoms with E-state index in [0.29, 0.717) is 25.5 Å². The Labute approximate surface area is 251 Å². The van der Waals surface area contributed by atoms with E-state index in [4.69, 9.17) is 9.47 Å². The van der Waals surface area contributed by atoms with Gasteiger partial charge in [-0.05, 0) is 81.2 Å². The summed E-state index contributed by atoms with van der Waals surface area (Å²) in [7, 11) is 0. The highest BCUT2D eigenvalue weighted by Crippen LogP contribution is 2.36. The maximum Gasteiger partial charge on any atom is 0.348 e. The summed E-state index contributed by atoms with van der Waals surface area (Å²) >= 11 is 0. The molecule has 1 unspecified atom stereocenters. The first-order chi connectivity index (χ1) is 18.9. The van der Waals surface area contributed by atoms with Crippen LogP contribution in [0.5, 0.6) is 5.75 Å². The molecule has 2 atom stereocenters. The number of hydrogen-bond donors (Lipinski definition) is 2. The Morgan fingerprint density at radius 1 is 1.12 bits per heavy atom. The van der Waals surface area contributed by atoms with Gasteiger partial charge in [0.15, 0.2) is 0 Å². The second-order valence-corrected chi connectivity index (χ2v) is 12.0. The third-order valence-electron chi connectivity index (χ3n) is 8.11. The molecule has 0 radical (unpaired) electrons. The number of ether oxygens (including phenoxy) is 2. The minimum Gasteiger partial charge on any atom is -0.478 e. The van der Waals surface area contributed by atoms with Crippen molar-refractivity contribution in [3.8, 4) is 11.8 Å². The molecule has 2 aromatic rings. The molecule has 0 spiro atoms. The number of benzene rings is 2. The number of hydrogen-bond acceptors (Lipinski definition) is 6. The van der Waals surface area contributed by atoms with E-state index >= 15 is 0 Å². The van der Waals surface area contributed by atoms with E-state index < -0.39 is 17.5 Å². The zero-order valence-corrected chi connectivity index (χ0v) is 26.0. The summed E-state index contributed by atoms with van der Waals surface area (Å²) < 4.78 is 11.4. The van der Waals surface area contributed by atoms with E-state index in [9.17, 15) is 20.0 Å². The lowest BCUT2D eigenvalue weighted by atomic mass is 9.78. The molecule has 0 heterocycles. The Hall–Kier alpha value is -3.08. The third kappa shape index (κ3) is 8.47. The van der Waals surface area contributed by atoms with Gasteiger partial charge in [-0.3, -0.25) is 4.79 Å². The van der Waals surface area contributed by atoms with Crippen LogP contribution in [-0.4, -0.2) is 41.3 Å². The predicted octanol–water partition coefficient (Wildman–Crippen LogP) is 6.14. The fraction of sp³-hybridized carbons (Fsp3) is 0.545. The zero-order valence-electron chi connectivity index (χ0n) is 25.2. The normalized spacial score (nSPS) is 15.3. The maximum atomic E-state index is 12.9. The van der Waals surface area contributed by atoms with Crippen molar-refractivity contribution >= 4 is 24.3 Å². The molecule has 0 saturated heterocycles. The van der Waals surface area contributed by atoms with Gasteiger partial charge in [-0.2, -0.15) is 5.26 Å². The quantitative estimate of drug-likeness (QED) is 0.257. The molecular weight excluding hydrogens is 540 g/mol. The van der Waals surface area contributed by atoms with E-state index in [-0.39, 0.29) is 47.6 Å². The summed E-state index contributed by atoms with van der Waals surface area (Å²) in [4.78, 5) is 24.8. The highest BCUT2D eigenvalue weighted by atomic mass is 35.5. The van der Waals surface area contributed by atoms with Gasteiger partial charge < -0.3 is 19.9 Å². The lowest BCUT2D eigenvalue weighted by molar-refractivity contribution is -0.166. The van der Waals surface area contributed by atoms with E-state index in [1.807, 2.05) is 20.8 Å². The Kier molecular flexibility index (Phi) is 12.2. The number of carbonyl (C=O) groups excluding carboxylic acids is 1. The Morgan fingerprint density at radius 3 is 2.29 bits per heavy atom. The van der Waals surface area contributed by atoms with Gasteiger partial charge in [0.05, 0.1) is 12.2 Å². The first-order valence-corrected chi connectivity index (χ1v) is 14.3. The third-order valence-corrected chi connectivity index (χ3v) is 8.11. The number of halogens is 1. The van der Waals surface area contributed by atoms with Crippen LogP contribution in [0.15, 0.2) is 42.5 Å². The topological polar surface area (TPSA) is 109 Å². The van der Waals surface area contributed by atoms with Gasteiger partial charge in [0.25, 0.3) is 0 Å². The molecule has 7 nitrogen and oxygen atoms in total. The molecule has 1 aliphatic rings. The second kappa shape index (κ2) is 14.7. The summed E-state index contributed by atoms with van der Waals surface area (Å²) in [5.74, 6) is -1.42. The highest BCUT2D eigenvalue weighted by molar-refractivity contribution is 5.85. The number of nitrogens with one attached hydrogen (secondary N) is 1. The van der Waals surface area contributed by atoms with Crippen LogP contribution in [0.4, 0.5) is 0 Å². The zero-order chi connectivity index (χ0) is 29.5. The van der Waals surface area contributed by atoms with Crippen molar-refractivity contribution in [1.82, 2.24) is 5.32 Å². The number of aliphatic carboxylic acids is 1. The van der Waals surface area contributed by atoms with Crippen molar-refractivity contribution < 1.29 is 24.2 Å². The average Bonchev–Trinajstić information content (AvgIpc) is 3.30. The average molecular weight is 585 g/mol. The van der Waals surface area contributed by atoms with Crippen LogP contribution in [0, 0.1) is 29.1 Å². The van der Waals surface area contributed by atoms with Crippen molar-refractivity contribution in [2.75, 3.05) is 13.2 Å². The molecule has 0 fully saturated rings. The number of fused-ring (bicyclic) bond motifs is 1. The van der Waals surface area contributed by atoms with Crippen LogP contribution in [-0.2, 0) is 33.6 Å². The van der Waals surface area contributed by atoms with Crippen LogP contribution in [0.3, 0.4) is 0 Å². The number of carboxylic acid groups (broad SMARTS) is 1. The van der Waals surface area contributed by atoms with Gasteiger partial charge in [0, 0.05) is 30.3 Å². The number of nitriles is 1. The fourth-order valence-electron chi connectivity index (χ4n) is 6.02. The second-order valence-electron chi connectivity index (χ2n) is 12.0. The molecule has 1 aliphatic carbocycles. The molecule has 0 amide bonds. The van der Waals surface area contributed by atoms with Crippen molar-refractivity contribution in [3.63, 3.8) is 0 Å². The largest absolute Gasteiger partial charge is 0.478 e. The molecule has 41 heavy (non-hydrogen) atoms. The number of carbonyl (C=O) groups is 2. The van der Waals surface area contributed by atoms with Crippen molar-refractivity contribution in [2.45, 2.75) is 84.8 Å². The first-order valence-electron chi connectivity index (χ1n) is 14.3. The molecule has 2 aromatic carbocycles. The molecule has 8 heteroatoms. The van der Waals surface area contributed by atoms with Gasteiger partial charge in [0.2, 0.25) is 5.60 Å². The molecule has 0 bridgehead atoms. The fourth-order valence-corrected chi connectivity index (χ4v) is 6.02. The molecule has 0 aliphatic heterocycles. The van der Waals surface area contributed by atoms with Crippen LogP contribution in [0.1, 0.15) is 76.6 Å². The van der Waals surface area contributed by atoms with Crippen molar-refractivity contribution in [3.05, 3.63) is 64.7 Å². The van der Waals surface area contributed by atoms with Crippen LogP contribution < -0.4 is 10.1 Å². The van der Waals surface area contributed by atoms with E-state index in [2.05, 4.69) is 49.5 Å². The molecule has 3 rings (SSSR count). The molecule has 0 aromatic heterocycles. The van der Waals surface area contributed by atoms with E-state index in [1.54, 1.807) is 25.1 Å². The predicted molar refractivity (Wildman–Crippen MR) is 162 cm³/mol. The van der Waals surface area contributed by atoms with Crippen molar-refractivity contribution in [1.29, 1.82) is 5.26 Å². The van der Waals surface area contributed by atoms with E-state index in [0.717, 1.165) is 24.8 Å². The summed E-state index contributed by atoms with van der Waals surface area (Å²) in [5, 5.41) is 24.0. The standard InChI is InChI=1S/C33H44N2O5.ClH/c1-7-39-30(36)15-13-24-12-14-28(20-34)29(18-24)40-33(22(2)3,31(37)38)23(4)21-35-32(5,6)19-25-16-26-10-8-9-11-27(26)17-25;/h8-12,14,18,22-23,25,35H,7,13,15-17,19,21H2,1-6H3,(H,37,38);1H/t23-,33?;/m1./s1. The number of aryl methyl sites for hydroxylation is 1. The Morgan fingerprint density at radius 2 is 1.76 bits per heavy atom. The SMILES string of the molecule is CCOC(=O)CCc1ccc(C#N)c(OC(C(=O)O)(C(C)C)[C@H](C)CNC(C)(C)CC2Cc3ccccc3C2)c1.Cl. The van der Waals surface area contributed by atoms with Crippen LogP contribution in [0.2, 0.25) is 0 Å². The molecular formula is C33H45ClN2O5. The Balaban J connectivity index is 0.00000588. The van der Waals surface area contributed by atoms with Gasteiger partial charge >= 0.3 is 11.9 Å². The number of esters is 1. The van der Waals surface area contributed by atoms with Gasteiger partial charge in [-0.1, -0.05) is 51.1 Å². The summed E-state index contributed by atoms with van der Waals surface area (Å²) in [5.41, 5.74) is 2.10. The summed E-state index contributed by atoms with van der Waals surface area (Å²) in [6, 6.07) is 15.8. The number of rotatable bonds is 14. The lowest BCUT2D eigenvalue weighted by Gasteiger charge is -2.41. The molecule has 0 saturated carbocycles. The first kappa shape index (κ1) is 34.1. The number of carboxylic acids is 1. The maximum absolute atomic E-state index is 12.9. The van der Waals surface area contributed by atoms with Crippen molar-refractivity contribution in [2.24, 2.45) is 17.8 Å². The number of nitrogens with zero attached hydrogens (tertiary/aromatic N) is 1. The smallest absolute Gasteiger partial charge is 0.348 e. The highest BCUT2D eigenvalue weighted by Gasteiger charge is 2.50. The minimum atomic E-state index is -1.57. The van der Waals surface area contributed by atoms with Crippen LogP contribution in [0.25, 0.3) is 0 Å². The van der Waals surface area contributed by atoms with Gasteiger partial charge in [-0.25, -0.2) is 4.79 Å². The molecule has 224 valence electrons. The monoisotopic (exact) mass is 584 g/mol. The molecule has 2 N–H and O–H groups in total. The van der Waals surface area contributed by atoms with Gasteiger partial charge in [-0.15, -0.1) is 12.4 Å². The summed E-state index contributed by atoms with van der Waals surface area (Å²) in [6.45, 7) is 12.4. The summed E-state index contributed by atoms with van der Waals surface area (Å²) in [6.07, 6.45) is 3.69.